The SMILES string of the molecule is Cc1ccc(-c2cnoc2NC(=O)Cc2ccc(Cl)cc2)cc1. The van der Waals surface area contributed by atoms with Crippen molar-refractivity contribution in [2.24, 2.45) is 0 Å². The number of nitrogens with one attached hydrogen (secondary N) is 1. The molecule has 1 N–H and O–H groups in total. The van der Waals surface area contributed by atoms with Gasteiger partial charge >= 0.3 is 0 Å². The van der Waals surface area contributed by atoms with Crippen LogP contribution in [0.3, 0.4) is 0 Å². The summed E-state index contributed by atoms with van der Waals surface area (Å²) in [6.07, 6.45) is 1.84. The molecular formula is C18H15ClN2O2. The molecule has 0 aliphatic heterocycles. The highest BCUT2D eigenvalue weighted by molar-refractivity contribution is 6.30. The fourth-order valence-electron chi connectivity index (χ4n) is 2.23. The Morgan fingerprint density at radius 1 is 1.13 bits per heavy atom. The maximum absolute atomic E-state index is 12.2. The second-order valence-electron chi connectivity index (χ2n) is 5.29. The van der Waals surface area contributed by atoms with Crippen molar-refractivity contribution in [3.8, 4) is 11.1 Å². The molecule has 0 fully saturated rings. The number of amides is 1. The van der Waals surface area contributed by atoms with E-state index in [9.17, 15) is 4.79 Å². The van der Waals surface area contributed by atoms with E-state index in [1.807, 2.05) is 43.3 Å². The largest absolute Gasteiger partial charge is 0.338 e. The second-order valence-corrected chi connectivity index (χ2v) is 5.72. The highest BCUT2D eigenvalue weighted by Crippen LogP contribution is 2.28. The summed E-state index contributed by atoms with van der Waals surface area (Å²) >= 11 is 5.84. The number of rotatable bonds is 4. The van der Waals surface area contributed by atoms with Gasteiger partial charge < -0.3 is 4.52 Å². The van der Waals surface area contributed by atoms with Gasteiger partial charge in [-0.1, -0.05) is 58.7 Å². The first-order valence-electron chi connectivity index (χ1n) is 7.18. The van der Waals surface area contributed by atoms with E-state index in [0.29, 0.717) is 10.9 Å². The van der Waals surface area contributed by atoms with E-state index in [-0.39, 0.29) is 12.3 Å². The molecule has 0 aliphatic rings. The smallest absolute Gasteiger partial charge is 0.239 e. The maximum Gasteiger partial charge on any atom is 0.239 e. The van der Waals surface area contributed by atoms with Crippen LogP contribution in [-0.2, 0) is 11.2 Å². The Balaban J connectivity index is 1.73. The van der Waals surface area contributed by atoms with E-state index in [1.165, 1.54) is 5.56 Å². The Morgan fingerprint density at radius 3 is 2.52 bits per heavy atom. The van der Waals surface area contributed by atoms with Gasteiger partial charge in [0.15, 0.2) is 0 Å². The molecule has 4 nitrogen and oxygen atoms in total. The van der Waals surface area contributed by atoms with Crippen LogP contribution < -0.4 is 5.32 Å². The van der Waals surface area contributed by atoms with Gasteiger partial charge in [0.1, 0.15) is 0 Å². The molecule has 0 saturated carbocycles. The number of hydrogen-bond donors (Lipinski definition) is 1. The summed E-state index contributed by atoms with van der Waals surface area (Å²) in [5.74, 6) is 0.185. The van der Waals surface area contributed by atoms with Crippen molar-refractivity contribution in [1.82, 2.24) is 5.16 Å². The molecule has 0 atom stereocenters. The number of carbonyl (C=O) groups is 1. The lowest BCUT2D eigenvalue weighted by Gasteiger charge is -2.05. The highest BCUT2D eigenvalue weighted by Gasteiger charge is 2.13. The first-order chi connectivity index (χ1) is 11.1. The summed E-state index contributed by atoms with van der Waals surface area (Å²) in [6.45, 7) is 2.02. The third-order valence-electron chi connectivity index (χ3n) is 3.46. The molecule has 3 aromatic rings. The van der Waals surface area contributed by atoms with Gasteiger partial charge in [-0.05, 0) is 30.2 Å². The number of hydrogen-bond acceptors (Lipinski definition) is 3. The average Bonchev–Trinajstić information content (AvgIpc) is 2.98. The van der Waals surface area contributed by atoms with E-state index in [1.54, 1.807) is 18.3 Å². The zero-order valence-electron chi connectivity index (χ0n) is 12.5. The quantitative estimate of drug-likeness (QED) is 0.768. The summed E-state index contributed by atoms with van der Waals surface area (Å²) < 4.78 is 5.17. The summed E-state index contributed by atoms with van der Waals surface area (Å²) in [7, 11) is 0. The summed E-state index contributed by atoms with van der Waals surface area (Å²) in [6, 6.07) is 15.1. The first-order valence-corrected chi connectivity index (χ1v) is 7.55. The fraction of sp³-hybridized carbons (Fsp3) is 0.111. The van der Waals surface area contributed by atoms with Gasteiger partial charge in [0, 0.05) is 5.02 Å². The minimum absolute atomic E-state index is 0.169. The molecule has 1 amide bonds. The Hall–Kier alpha value is -2.59. The first kappa shape index (κ1) is 15.3. The van der Waals surface area contributed by atoms with Crippen molar-refractivity contribution in [1.29, 1.82) is 0 Å². The van der Waals surface area contributed by atoms with Gasteiger partial charge in [0.2, 0.25) is 11.8 Å². The highest BCUT2D eigenvalue weighted by atomic mass is 35.5. The van der Waals surface area contributed by atoms with E-state index in [2.05, 4.69) is 10.5 Å². The van der Waals surface area contributed by atoms with E-state index in [4.69, 9.17) is 16.1 Å². The number of aromatic nitrogens is 1. The van der Waals surface area contributed by atoms with Crippen molar-refractivity contribution >= 4 is 23.4 Å². The fourth-order valence-corrected chi connectivity index (χ4v) is 2.35. The van der Waals surface area contributed by atoms with E-state index >= 15 is 0 Å². The normalized spacial score (nSPS) is 10.5. The number of benzene rings is 2. The monoisotopic (exact) mass is 326 g/mol. The van der Waals surface area contributed by atoms with Crippen LogP contribution in [0.15, 0.2) is 59.3 Å². The summed E-state index contributed by atoms with van der Waals surface area (Å²) in [5, 5.41) is 7.20. The standard InChI is InChI=1S/C18H15ClN2O2/c1-12-2-6-14(7-3-12)16-11-20-23-18(16)21-17(22)10-13-4-8-15(19)9-5-13/h2-9,11H,10H2,1H3,(H,21,22). The number of anilines is 1. The van der Waals surface area contributed by atoms with Gasteiger partial charge in [-0.2, -0.15) is 0 Å². The van der Waals surface area contributed by atoms with E-state index in [0.717, 1.165) is 16.7 Å². The molecule has 0 spiro atoms. The molecule has 1 aromatic heterocycles. The summed E-state index contributed by atoms with van der Waals surface area (Å²) in [5.41, 5.74) is 3.75. The molecule has 0 saturated heterocycles. The molecule has 116 valence electrons. The third-order valence-corrected chi connectivity index (χ3v) is 3.72. The minimum Gasteiger partial charge on any atom is -0.338 e. The third kappa shape index (κ3) is 3.79. The van der Waals surface area contributed by atoms with Crippen LogP contribution in [0.2, 0.25) is 5.02 Å². The van der Waals surface area contributed by atoms with Crippen molar-refractivity contribution in [3.05, 3.63) is 70.9 Å². The molecule has 1 heterocycles. The Labute approximate surface area is 139 Å². The van der Waals surface area contributed by atoms with Crippen molar-refractivity contribution in [3.63, 3.8) is 0 Å². The molecular weight excluding hydrogens is 312 g/mol. The minimum atomic E-state index is -0.169. The van der Waals surface area contributed by atoms with Gasteiger partial charge in [-0.15, -0.1) is 0 Å². The predicted molar refractivity (Wildman–Crippen MR) is 90.5 cm³/mol. The Kier molecular flexibility index (Phi) is 4.44. The van der Waals surface area contributed by atoms with Crippen LogP contribution >= 0.6 is 11.6 Å². The Bertz CT molecular complexity index is 808. The van der Waals surface area contributed by atoms with Crippen LogP contribution in [0.5, 0.6) is 0 Å². The van der Waals surface area contributed by atoms with Gasteiger partial charge in [-0.25, -0.2) is 0 Å². The van der Waals surface area contributed by atoms with Gasteiger partial charge in [0.05, 0.1) is 18.2 Å². The van der Waals surface area contributed by atoms with Crippen molar-refractivity contribution in [2.45, 2.75) is 13.3 Å². The molecule has 3 rings (SSSR count). The molecule has 2 aromatic carbocycles. The van der Waals surface area contributed by atoms with Crippen LogP contribution in [0.25, 0.3) is 11.1 Å². The number of carbonyl (C=O) groups excluding carboxylic acids is 1. The molecule has 5 heteroatoms. The average molecular weight is 327 g/mol. The zero-order valence-corrected chi connectivity index (χ0v) is 13.3. The zero-order chi connectivity index (χ0) is 16.2. The van der Waals surface area contributed by atoms with Crippen LogP contribution in [-0.4, -0.2) is 11.1 Å². The van der Waals surface area contributed by atoms with Crippen molar-refractivity contribution < 1.29 is 9.32 Å². The molecule has 23 heavy (non-hydrogen) atoms. The number of nitrogens with zero attached hydrogens (tertiary/aromatic N) is 1. The topological polar surface area (TPSA) is 55.1 Å². The van der Waals surface area contributed by atoms with Gasteiger partial charge in [0.25, 0.3) is 0 Å². The maximum atomic E-state index is 12.2. The molecule has 0 unspecified atom stereocenters. The van der Waals surface area contributed by atoms with Crippen LogP contribution in [0.4, 0.5) is 5.88 Å². The molecule has 0 aliphatic carbocycles. The predicted octanol–water partition coefficient (Wildman–Crippen LogP) is 4.48. The lowest BCUT2D eigenvalue weighted by atomic mass is 10.1. The lowest BCUT2D eigenvalue weighted by Crippen LogP contribution is -2.14. The van der Waals surface area contributed by atoms with Crippen LogP contribution in [0, 0.1) is 6.92 Å². The number of halogens is 1. The van der Waals surface area contributed by atoms with Crippen molar-refractivity contribution in [2.75, 3.05) is 5.32 Å². The number of aryl methyl sites for hydroxylation is 1. The molecule has 0 bridgehead atoms. The lowest BCUT2D eigenvalue weighted by molar-refractivity contribution is -0.115. The van der Waals surface area contributed by atoms with Crippen LogP contribution in [0.1, 0.15) is 11.1 Å². The second kappa shape index (κ2) is 6.67. The molecule has 0 radical (unpaired) electrons. The Morgan fingerprint density at radius 2 is 1.83 bits per heavy atom. The summed E-state index contributed by atoms with van der Waals surface area (Å²) in [4.78, 5) is 12.2. The van der Waals surface area contributed by atoms with Gasteiger partial charge in [-0.3, -0.25) is 10.1 Å². The van der Waals surface area contributed by atoms with E-state index < -0.39 is 0 Å².